The van der Waals surface area contributed by atoms with Gasteiger partial charge in [0.15, 0.2) is 0 Å². The number of methoxy groups -OCH3 is 1. The first kappa shape index (κ1) is 19.1. The summed E-state index contributed by atoms with van der Waals surface area (Å²) in [5, 5.41) is 6.11. The van der Waals surface area contributed by atoms with Crippen LogP contribution in [0.4, 0.5) is 17.1 Å². The number of nitrogens with one attached hydrogen (secondary N) is 2. The Morgan fingerprint density at radius 2 is 1.85 bits per heavy atom. The molecule has 1 amide bonds. The monoisotopic (exact) mass is 369 g/mol. The number of nitrogens with zero attached hydrogens (tertiary/aromatic N) is 3. The molecule has 2 heterocycles. The molecule has 27 heavy (non-hydrogen) atoms. The van der Waals surface area contributed by atoms with Gasteiger partial charge in [-0.3, -0.25) is 9.78 Å². The van der Waals surface area contributed by atoms with Crippen LogP contribution < -0.4 is 15.5 Å². The van der Waals surface area contributed by atoms with E-state index in [4.69, 9.17) is 4.74 Å². The normalized spacial score (nSPS) is 14.8. The van der Waals surface area contributed by atoms with Gasteiger partial charge in [-0.05, 0) is 37.4 Å². The van der Waals surface area contributed by atoms with Crippen molar-refractivity contribution in [1.29, 1.82) is 0 Å². The Balaban J connectivity index is 1.60. The van der Waals surface area contributed by atoms with Crippen LogP contribution in [0.1, 0.15) is 10.4 Å². The van der Waals surface area contributed by atoms with Gasteiger partial charge in [-0.1, -0.05) is 0 Å². The minimum atomic E-state index is -0.159. The Bertz CT molecular complexity index is 742. The summed E-state index contributed by atoms with van der Waals surface area (Å²) in [5.74, 6) is -0.159. The molecule has 1 aromatic carbocycles. The van der Waals surface area contributed by atoms with Crippen molar-refractivity contribution >= 4 is 23.0 Å². The summed E-state index contributed by atoms with van der Waals surface area (Å²) in [4.78, 5) is 21.0. The van der Waals surface area contributed by atoms with Gasteiger partial charge in [0, 0.05) is 57.4 Å². The van der Waals surface area contributed by atoms with Crippen LogP contribution in [0, 0.1) is 0 Å². The van der Waals surface area contributed by atoms with E-state index in [1.54, 1.807) is 25.6 Å². The highest BCUT2D eigenvalue weighted by Crippen LogP contribution is 2.22. The Morgan fingerprint density at radius 1 is 1.11 bits per heavy atom. The highest BCUT2D eigenvalue weighted by molar-refractivity contribution is 5.94. The summed E-state index contributed by atoms with van der Waals surface area (Å²) in [5.41, 5.74) is 3.50. The highest BCUT2D eigenvalue weighted by Gasteiger charge is 2.14. The predicted molar refractivity (Wildman–Crippen MR) is 108 cm³/mol. The number of pyridine rings is 1. The molecule has 7 heteroatoms. The van der Waals surface area contributed by atoms with Crippen LogP contribution in [-0.2, 0) is 4.74 Å². The maximum atomic E-state index is 12.1. The molecule has 1 saturated heterocycles. The quantitative estimate of drug-likeness (QED) is 0.727. The minimum Gasteiger partial charge on any atom is -0.383 e. The lowest BCUT2D eigenvalue weighted by Crippen LogP contribution is -2.44. The zero-order chi connectivity index (χ0) is 19.1. The molecule has 2 N–H and O–H groups in total. The van der Waals surface area contributed by atoms with Crippen LogP contribution in [0.5, 0.6) is 0 Å². The number of amides is 1. The number of hydrogen-bond acceptors (Lipinski definition) is 6. The maximum Gasteiger partial charge on any atom is 0.253 e. The first-order valence-electron chi connectivity index (χ1n) is 9.18. The second kappa shape index (κ2) is 9.34. The Kier molecular flexibility index (Phi) is 6.62. The molecule has 1 aliphatic heterocycles. The second-order valence-electron chi connectivity index (χ2n) is 6.67. The Morgan fingerprint density at radius 3 is 2.56 bits per heavy atom. The minimum absolute atomic E-state index is 0.159. The van der Waals surface area contributed by atoms with E-state index in [2.05, 4.69) is 56.7 Å². The van der Waals surface area contributed by atoms with Crippen molar-refractivity contribution in [3.63, 3.8) is 0 Å². The van der Waals surface area contributed by atoms with Crippen molar-refractivity contribution in [2.75, 3.05) is 63.7 Å². The maximum absolute atomic E-state index is 12.1. The summed E-state index contributed by atoms with van der Waals surface area (Å²) in [7, 11) is 3.76. The lowest BCUT2D eigenvalue weighted by atomic mass is 10.2. The van der Waals surface area contributed by atoms with Crippen molar-refractivity contribution in [3.05, 3.63) is 48.3 Å². The van der Waals surface area contributed by atoms with Gasteiger partial charge >= 0.3 is 0 Å². The largest absolute Gasteiger partial charge is 0.383 e. The van der Waals surface area contributed by atoms with Gasteiger partial charge in [0.25, 0.3) is 5.91 Å². The summed E-state index contributed by atoms with van der Waals surface area (Å²) >= 11 is 0. The lowest BCUT2D eigenvalue weighted by Gasteiger charge is -2.34. The van der Waals surface area contributed by atoms with Crippen molar-refractivity contribution < 1.29 is 9.53 Å². The first-order chi connectivity index (χ1) is 13.2. The van der Waals surface area contributed by atoms with Gasteiger partial charge in [0.2, 0.25) is 0 Å². The molecule has 1 fully saturated rings. The summed E-state index contributed by atoms with van der Waals surface area (Å²) < 4.78 is 4.94. The molecular formula is C20H27N5O2. The van der Waals surface area contributed by atoms with Crippen molar-refractivity contribution in [2.24, 2.45) is 0 Å². The van der Waals surface area contributed by atoms with Gasteiger partial charge in [0.05, 0.1) is 24.1 Å². The molecule has 1 aliphatic rings. The first-order valence-corrected chi connectivity index (χ1v) is 9.18. The molecule has 0 unspecified atom stereocenters. The number of ether oxygens (including phenoxy) is 1. The van der Waals surface area contributed by atoms with Crippen molar-refractivity contribution in [2.45, 2.75) is 0 Å². The molecule has 3 rings (SSSR count). The number of benzene rings is 1. The third-order valence-electron chi connectivity index (χ3n) is 4.62. The van der Waals surface area contributed by atoms with Gasteiger partial charge in [-0.25, -0.2) is 0 Å². The SMILES string of the molecule is COCCNC(=O)c1cncc(Nc2ccc(N3CCN(C)CC3)cc2)c1. The zero-order valence-corrected chi connectivity index (χ0v) is 15.9. The summed E-state index contributed by atoms with van der Waals surface area (Å²) in [6, 6.07) is 10.2. The van der Waals surface area contributed by atoms with Crippen LogP contribution in [0.2, 0.25) is 0 Å². The van der Waals surface area contributed by atoms with E-state index in [9.17, 15) is 4.79 Å². The van der Waals surface area contributed by atoms with Crippen LogP contribution in [0.3, 0.4) is 0 Å². The number of anilines is 3. The number of aromatic nitrogens is 1. The molecule has 0 spiro atoms. The summed E-state index contributed by atoms with van der Waals surface area (Å²) in [6.45, 7) is 5.23. The van der Waals surface area contributed by atoms with E-state index < -0.39 is 0 Å². The van der Waals surface area contributed by atoms with Crippen LogP contribution in [0.15, 0.2) is 42.7 Å². The van der Waals surface area contributed by atoms with E-state index >= 15 is 0 Å². The molecule has 7 nitrogen and oxygen atoms in total. The van der Waals surface area contributed by atoms with Gasteiger partial charge in [-0.2, -0.15) is 0 Å². The molecule has 0 saturated carbocycles. The van der Waals surface area contributed by atoms with Gasteiger partial charge in [0.1, 0.15) is 0 Å². The average Bonchev–Trinajstić information content (AvgIpc) is 2.70. The molecular weight excluding hydrogens is 342 g/mol. The fourth-order valence-corrected chi connectivity index (χ4v) is 2.99. The van der Waals surface area contributed by atoms with Crippen molar-refractivity contribution in [1.82, 2.24) is 15.2 Å². The number of hydrogen-bond donors (Lipinski definition) is 2. The zero-order valence-electron chi connectivity index (χ0n) is 15.9. The average molecular weight is 369 g/mol. The lowest BCUT2D eigenvalue weighted by molar-refractivity contribution is 0.0937. The van der Waals surface area contributed by atoms with Crippen LogP contribution >= 0.6 is 0 Å². The van der Waals surface area contributed by atoms with E-state index in [0.717, 1.165) is 37.6 Å². The molecule has 0 aliphatic carbocycles. The number of carbonyl (C=O) groups excluding carboxylic acids is 1. The molecule has 144 valence electrons. The molecule has 0 radical (unpaired) electrons. The number of piperazine rings is 1. The highest BCUT2D eigenvalue weighted by atomic mass is 16.5. The standard InChI is InChI=1S/C20H27N5O2/c1-24-8-10-25(11-9-24)19-5-3-17(4-6-19)23-18-13-16(14-21-15-18)20(26)22-7-12-27-2/h3-6,13-15,23H,7-12H2,1-2H3,(H,22,26). The molecule has 1 aromatic heterocycles. The van der Waals surface area contributed by atoms with Gasteiger partial charge < -0.3 is 25.2 Å². The number of rotatable bonds is 7. The van der Waals surface area contributed by atoms with Gasteiger partial charge in [-0.15, -0.1) is 0 Å². The topological polar surface area (TPSA) is 69.7 Å². The van der Waals surface area contributed by atoms with E-state index in [-0.39, 0.29) is 5.91 Å². The van der Waals surface area contributed by atoms with Crippen molar-refractivity contribution in [3.8, 4) is 0 Å². The Hall–Kier alpha value is -2.64. The third kappa shape index (κ3) is 5.42. The van der Waals surface area contributed by atoms with Crippen LogP contribution in [-0.4, -0.2) is 69.3 Å². The fraction of sp³-hybridized carbons (Fsp3) is 0.400. The number of carbonyl (C=O) groups is 1. The second-order valence-corrected chi connectivity index (χ2v) is 6.67. The van der Waals surface area contributed by atoms with E-state index in [0.29, 0.717) is 18.7 Å². The smallest absolute Gasteiger partial charge is 0.253 e. The predicted octanol–water partition coefficient (Wildman–Crippen LogP) is 1.95. The molecule has 2 aromatic rings. The third-order valence-corrected chi connectivity index (χ3v) is 4.62. The van der Waals surface area contributed by atoms with E-state index in [1.807, 2.05) is 0 Å². The molecule has 0 atom stereocenters. The fourth-order valence-electron chi connectivity index (χ4n) is 2.99. The number of likely N-dealkylation sites (N-methyl/N-ethyl adjacent to an activating group) is 1. The van der Waals surface area contributed by atoms with Crippen LogP contribution in [0.25, 0.3) is 0 Å². The summed E-state index contributed by atoms with van der Waals surface area (Å²) in [6.07, 6.45) is 3.27. The van der Waals surface area contributed by atoms with E-state index in [1.165, 1.54) is 5.69 Å². The Labute approximate surface area is 160 Å². The molecule has 0 bridgehead atoms.